The van der Waals surface area contributed by atoms with E-state index in [0.717, 1.165) is 5.04 Å². The number of hydrogen-bond acceptors (Lipinski definition) is 3. The molecule has 0 saturated carbocycles. The van der Waals surface area contributed by atoms with Crippen molar-refractivity contribution in [1.82, 2.24) is 0 Å². The molecule has 0 bridgehead atoms. The third-order valence-corrected chi connectivity index (χ3v) is 2.92. The Morgan fingerprint density at radius 3 is 2.73 bits per heavy atom. The molecule has 62 valence electrons. The van der Waals surface area contributed by atoms with Gasteiger partial charge in [-0.15, -0.1) is 0 Å². The normalized spacial score (nSPS) is 23.9. The summed E-state index contributed by atoms with van der Waals surface area (Å²) < 4.78 is 0. The van der Waals surface area contributed by atoms with Gasteiger partial charge in [-0.1, -0.05) is 25.6 Å². The van der Waals surface area contributed by atoms with Crippen molar-refractivity contribution in [2.45, 2.75) is 19.1 Å². The molecule has 1 N–H and O–H groups in total. The van der Waals surface area contributed by atoms with E-state index in [1.54, 1.807) is 0 Å². The van der Waals surface area contributed by atoms with Crippen molar-refractivity contribution in [2.75, 3.05) is 6.54 Å². The fourth-order valence-electron chi connectivity index (χ4n) is 0.840. The smallest absolute Gasteiger partial charge is 0.318 e. The Kier molecular flexibility index (Phi) is 2.54. The number of hydrogen-bond donors (Lipinski definition) is 1. The quantitative estimate of drug-likeness (QED) is 0.683. The molecule has 0 radical (unpaired) electrons. The van der Waals surface area contributed by atoms with Crippen molar-refractivity contribution in [2.24, 2.45) is 10.9 Å². The van der Waals surface area contributed by atoms with Crippen LogP contribution in [0, 0.1) is 5.92 Å². The van der Waals surface area contributed by atoms with Crippen LogP contribution in [-0.4, -0.2) is 27.9 Å². The molecule has 1 aliphatic heterocycles. The molecular weight excluding hydrogens is 162 g/mol. The van der Waals surface area contributed by atoms with Gasteiger partial charge in [0.15, 0.2) is 0 Å². The fourth-order valence-corrected chi connectivity index (χ4v) is 1.80. The number of carbonyl (C=O) groups is 1. The Labute approximate surface area is 69.9 Å². The Balaban J connectivity index is 2.49. The van der Waals surface area contributed by atoms with Crippen molar-refractivity contribution < 1.29 is 9.90 Å². The summed E-state index contributed by atoms with van der Waals surface area (Å²) >= 11 is 1.38. The zero-order valence-electron chi connectivity index (χ0n) is 6.57. The van der Waals surface area contributed by atoms with E-state index in [-0.39, 0.29) is 5.25 Å². The topological polar surface area (TPSA) is 49.7 Å². The zero-order valence-corrected chi connectivity index (χ0v) is 7.39. The molecule has 3 nitrogen and oxygen atoms in total. The molecule has 0 aromatic carbocycles. The molecule has 11 heavy (non-hydrogen) atoms. The fraction of sp³-hybridized carbons (Fsp3) is 0.714. The van der Waals surface area contributed by atoms with Gasteiger partial charge in [0.05, 0.1) is 11.6 Å². The van der Waals surface area contributed by atoms with Gasteiger partial charge in [0.2, 0.25) is 0 Å². The minimum absolute atomic E-state index is 0.340. The maximum Gasteiger partial charge on any atom is 0.318 e. The highest BCUT2D eigenvalue weighted by Crippen LogP contribution is 2.25. The van der Waals surface area contributed by atoms with Gasteiger partial charge in [-0.25, -0.2) is 0 Å². The molecule has 0 aliphatic carbocycles. The van der Waals surface area contributed by atoms with Crippen LogP contribution >= 0.6 is 11.8 Å². The van der Waals surface area contributed by atoms with Crippen LogP contribution in [0.2, 0.25) is 0 Å². The minimum atomic E-state index is -0.755. The number of nitrogens with zero attached hydrogens (tertiary/aromatic N) is 1. The van der Waals surface area contributed by atoms with Crippen LogP contribution in [0.25, 0.3) is 0 Å². The Bertz CT molecular complexity index is 201. The molecule has 0 amide bonds. The maximum atomic E-state index is 10.5. The second-order valence-corrected chi connectivity index (χ2v) is 4.00. The lowest BCUT2D eigenvalue weighted by Gasteiger charge is -2.03. The van der Waals surface area contributed by atoms with Crippen LogP contribution in [0.5, 0.6) is 0 Å². The SMILES string of the molecule is CC(C)C1=NCC(C(=O)O)S1. The summed E-state index contributed by atoms with van der Waals surface area (Å²) in [7, 11) is 0. The number of rotatable bonds is 2. The van der Waals surface area contributed by atoms with Gasteiger partial charge in [-0.05, 0) is 0 Å². The molecule has 1 unspecified atom stereocenters. The highest BCUT2D eigenvalue weighted by Gasteiger charge is 2.26. The Hall–Kier alpha value is -0.510. The lowest BCUT2D eigenvalue weighted by Crippen LogP contribution is -2.17. The average molecular weight is 173 g/mol. The van der Waals surface area contributed by atoms with Crippen LogP contribution in [0.4, 0.5) is 0 Å². The lowest BCUT2D eigenvalue weighted by molar-refractivity contribution is -0.136. The molecule has 0 spiro atoms. The van der Waals surface area contributed by atoms with Crippen molar-refractivity contribution in [1.29, 1.82) is 0 Å². The monoisotopic (exact) mass is 173 g/mol. The number of carboxylic acid groups (broad SMARTS) is 1. The van der Waals surface area contributed by atoms with E-state index in [1.165, 1.54) is 11.8 Å². The van der Waals surface area contributed by atoms with E-state index >= 15 is 0 Å². The lowest BCUT2D eigenvalue weighted by atomic mass is 10.2. The van der Waals surface area contributed by atoms with Crippen LogP contribution in [0.3, 0.4) is 0 Å². The van der Waals surface area contributed by atoms with Gasteiger partial charge in [-0.3, -0.25) is 9.79 Å². The Morgan fingerprint density at radius 2 is 2.45 bits per heavy atom. The minimum Gasteiger partial charge on any atom is -0.480 e. The molecule has 0 aromatic heterocycles. The van der Waals surface area contributed by atoms with Crippen molar-refractivity contribution >= 4 is 22.8 Å². The second kappa shape index (κ2) is 3.26. The van der Waals surface area contributed by atoms with E-state index in [2.05, 4.69) is 4.99 Å². The van der Waals surface area contributed by atoms with Crippen molar-refractivity contribution in [3.63, 3.8) is 0 Å². The molecule has 1 rings (SSSR count). The van der Waals surface area contributed by atoms with E-state index < -0.39 is 5.97 Å². The van der Waals surface area contributed by atoms with E-state index in [9.17, 15) is 4.79 Å². The maximum absolute atomic E-state index is 10.5. The van der Waals surface area contributed by atoms with E-state index in [4.69, 9.17) is 5.11 Å². The molecule has 1 aliphatic rings. The van der Waals surface area contributed by atoms with Crippen molar-refractivity contribution in [3.8, 4) is 0 Å². The van der Waals surface area contributed by atoms with Crippen molar-refractivity contribution in [3.05, 3.63) is 0 Å². The van der Waals surface area contributed by atoms with Crippen LogP contribution < -0.4 is 0 Å². The summed E-state index contributed by atoms with van der Waals surface area (Å²) in [6.45, 7) is 4.49. The predicted molar refractivity (Wildman–Crippen MR) is 46.2 cm³/mol. The highest BCUT2D eigenvalue weighted by atomic mass is 32.2. The molecule has 0 aromatic rings. The number of aliphatic carboxylic acids is 1. The summed E-state index contributed by atoms with van der Waals surface area (Å²) in [4.78, 5) is 14.6. The Morgan fingerprint density at radius 1 is 1.82 bits per heavy atom. The first kappa shape index (κ1) is 8.59. The molecular formula is C7H11NO2S. The molecule has 1 heterocycles. The van der Waals surface area contributed by atoms with Gasteiger partial charge >= 0.3 is 5.97 Å². The number of thioether (sulfide) groups is 1. The standard InChI is InChI=1S/C7H11NO2S/c1-4(2)6-8-3-5(11-6)7(9)10/h4-5H,3H2,1-2H3,(H,9,10). The molecule has 0 saturated heterocycles. The summed E-state index contributed by atoms with van der Waals surface area (Å²) in [6.07, 6.45) is 0. The summed E-state index contributed by atoms with van der Waals surface area (Å²) in [6, 6.07) is 0. The van der Waals surface area contributed by atoms with Crippen LogP contribution in [0.1, 0.15) is 13.8 Å². The van der Waals surface area contributed by atoms with Gasteiger partial charge in [0.25, 0.3) is 0 Å². The van der Waals surface area contributed by atoms with E-state index in [0.29, 0.717) is 12.5 Å². The first-order valence-corrected chi connectivity index (χ1v) is 4.43. The summed E-state index contributed by atoms with van der Waals surface area (Å²) in [5, 5.41) is 9.25. The van der Waals surface area contributed by atoms with Gasteiger partial charge in [0, 0.05) is 5.92 Å². The number of aliphatic imine (C=N–C) groups is 1. The predicted octanol–water partition coefficient (Wildman–Crippen LogP) is 1.24. The first-order chi connectivity index (χ1) is 5.11. The largest absolute Gasteiger partial charge is 0.480 e. The van der Waals surface area contributed by atoms with Crippen LogP contribution in [0.15, 0.2) is 4.99 Å². The number of carboxylic acids is 1. The van der Waals surface area contributed by atoms with Gasteiger partial charge in [0.1, 0.15) is 5.25 Å². The van der Waals surface area contributed by atoms with Crippen LogP contribution in [-0.2, 0) is 4.79 Å². The third-order valence-electron chi connectivity index (χ3n) is 1.45. The molecule has 1 atom stereocenters. The second-order valence-electron chi connectivity index (χ2n) is 2.78. The highest BCUT2D eigenvalue weighted by molar-refractivity contribution is 8.15. The summed E-state index contributed by atoms with van der Waals surface area (Å²) in [5.74, 6) is -0.390. The summed E-state index contributed by atoms with van der Waals surface area (Å²) in [5.41, 5.74) is 0. The van der Waals surface area contributed by atoms with E-state index in [1.807, 2.05) is 13.8 Å². The van der Waals surface area contributed by atoms with Gasteiger partial charge in [-0.2, -0.15) is 0 Å². The zero-order chi connectivity index (χ0) is 8.43. The molecule has 0 fully saturated rings. The first-order valence-electron chi connectivity index (χ1n) is 3.55. The molecule has 4 heteroatoms. The average Bonchev–Trinajstić information content (AvgIpc) is 2.33. The third kappa shape index (κ3) is 1.96. The van der Waals surface area contributed by atoms with Gasteiger partial charge < -0.3 is 5.11 Å².